The van der Waals surface area contributed by atoms with Crippen LogP contribution in [0.5, 0.6) is 5.75 Å². The Bertz CT molecular complexity index is 644. The largest absolute Gasteiger partial charge is 0.427 e. The van der Waals surface area contributed by atoms with Gasteiger partial charge in [-0.3, -0.25) is 9.59 Å². The maximum Gasteiger partial charge on any atom is 0.308 e. The fraction of sp³-hybridized carbons (Fsp3) is 0.0769. The molecular weight excluding hydrogens is 282 g/mol. The summed E-state index contributed by atoms with van der Waals surface area (Å²) in [5, 5.41) is 2.79. The highest BCUT2D eigenvalue weighted by molar-refractivity contribution is 6.29. The van der Waals surface area contributed by atoms with Gasteiger partial charge in [-0.05, 0) is 18.2 Å². The zero-order chi connectivity index (χ0) is 14.5. The van der Waals surface area contributed by atoms with Crippen LogP contribution in [0.1, 0.15) is 17.3 Å². The number of aromatic nitrogens is 2. The SMILES string of the molecule is CC(=O)Oc1cccc(C(=O)Nc2cnc(Cl)cn2)c1. The quantitative estimate of drug-likeness (QED) is 0.693. The van der Waals surface area contributed by atoms with E-state index in [-0.39, 0.29) is 11.0 Å². The number of benzene rings is 1. The van der Waals surface area contributed by atoms with Gasteiger partial charge in [0, 0.05) is 12.5 Å². The molecule has 102 valence electrons. The molecule has 2 aromatic rings. The average molecular weight is 292 g/mol. The first-order valence-electron chi connectivity index (χ1n) is 5.62. The van der Waals surface area contributed by atoms with Crippen LogP contribution in [-0.4, -0.2) is 21.8 Å². The second kappa shape index (κ2) is 6.12. The highest BCUT2D eigenvalue weighted by Gasteiger charge is 2.09. The zero-order valence-electron chi connectivity index (χ0n) is 10.5. The summed E-state index contributed by atoms with van der Waals surface area (Å²) >= 11 is 5.60. The third-order valence-electron chi connectivity index (χ3n) is 2.22. The van der Waals surface area contributed by atoms with E-state index in [0.717, 1.165) is 0 Å². The number of esters is 1. The summed E-state index contributed by atoms with van der Waals surface area (Å²) in [6.45, 7) is 1.29. The Labute approximate surface area is 119 Å². The number of ether oxygens (including phenoxy) is 1. The molecule has 1 heterocycles. The minimum atomic E-state index is -0.453. The van der Waals surface area contributed by atoms with Crippen LogP contribution >= 0.6 is 11.6 Å². The van der Waals surface area contributed by atoms with E-state index in [1.807, 2.05) is 0 Å². The highest BCUT2D eigenvalue weighted by Crippen LogP contribution is 2.15. The summed E-state index contributed by atoms with van der Waals surface area (Å²) in [7, 11) is 0. The molecular formula is C13H10ClN3O3. The maximum absolute atomic E-state index is 12.0. The predicted octanol–water partition coefficient (Wildman–Crippen LogP) is 2.31. The van der Waals surface area contributed by atoms with E-state index in [9.17, 15) is 9.59 Å². The van der Waals surface area contributed by atoms with Gasteiger partial charge in [-0.25, -0.2) is 9.97 Å². The van der Waals surface area contributed by atoms with E-state index in [2.05, 4.69) is 15.3 Å². The molecule has 0 bridgehead atoms. The van der Waals surface area contributed by atoms with E-state index < -0.39 is 11.9 Å². The molecule has 0 saturated heterocycles. The van der Waals surface area contributed by atoms with Gasteiger partial charge >= 0.3 is 5.97 Å². The molecule has 1 aromatic heterocycles. The fourth-order valence-corrected chi connectivity index (χ4v) is 1.53. The number of carbonyl (C=O) groups is 2. The van der Waals surface area contributed by atoms with Crippen molar-refractivity contribution in [1.29, 1.82) is 0 Å². The Morgan fingerprint density at radius 1 is 1.25 bits per heavy atom. The normalized spacial score (nSPS) is 9.90. The van der Waals surface area contributed by atoms with Gasteiger partial charge in [0.25, 0.3) is 5.91 Å². The van der Waals surface area contributed by atoms with Gasteiger partial charge < -0.3 is 10.1 Å². The van der Waals surface area contributed by atoms with Crippen molar-refractivity contribution in [2.75, 3.05) is 5.32 Å². The molecule has 20 heavy (non-hydrogen) atoms. The molecule has 0 atom stereocenters. The number of amides is 1. The fourth-order valence-electron chi connectivity index (χ4n) is 1.43. The van der Waals surface area contributed by atoms with Gasteiger partial charge in [0.05, 0.1) is 12.4 Å². The summed E-state index contributed by atoms with van der Waals surface area (Å²) < 4.78 is 4.91. The topological polar surface area (TPSA) is 81.2 Å². The number of nitrogens with zero attached hydrogens (tertiary/aromatic N) is 2. The average Bonchev–Trinajstić information content (AvgIpc) is 2.41. The van der Waals surface area contributed by atoms with E-state index in [1.54, 1.807) is 18.2 Å². The Hall–Kier alpha value is -2.47. The van der Waals surface area contributed by atoms with Crippen LogP contribution in [0.3, 0.4) is 0 Å². The predicted molar refractivity (Wildman–Crippen MR) is 72.7 cm³/mol. The first-order chi connectivity index (χ1) is 9.54. The Morgan fingerprint density at radius 3 is 2.70 bits per heavy atom. The van der Waals surface area contributed by atoms with Crippen LogP contribution in [0.25, 0.3) is 0 Å². The molecule has 0 fully saturated rings. The number of carbonyl (C=O) groups excluding carboxylic acids is 2. The lowest BCUT2D eigenvalue weighted by molar-refractivity contribution is -0.131. The smallest absolute Gasteiger partial charge is 0.308 e. The van der Waals surface area contributed by atoms with Crippen molar-refractivity contribution < 1.29 is 14.3 Å². The summed E-state index contributed by atoms with van der Waals surface area (Å²) in [6, 6.07) is 6.24. The molecule has 0 saturated carbocycles. The molecule has 1 N–H and O–H groups in total. The lowest BCUT2D eigenvalue weighted by atomic mass is 10.2. The molecule has 0 spiro atoms. The maximum atomic E-state index is 12.0. The number of hydrogen-bond donors (Lipinski definition) is 1. The van der Waals surface area contributed by atoms with Crippen LogP contribution in [0.15, 0.2) is 36.7 Å². The van der Waals surface area contributed by atoms with Crippen molar-refractivity contribution in [3.8, 4) is 5.75 Å². The first kappa shape index (κ1) is 14.0. The molecule has 2 rings (SSSR count). The Kier molecular flexibility index (Phi) is 4.27. The van der Waals surface area contributed by atoms with E-state index in [0.29, 0.717) is 11.3 Å². The third kappa shape index (κ3) is 3.76. The molecule has 0 aliphatic carbocycles. The van der Waals surface area contributed by atoms with Gasteiger partial charge in [-0.1, -0.05) is 17.7 Å². The van der Waals surface area contributed by atoms with Crippen molar-refractivity contribution in [1.82, 2.24) is 9.97 Å². The third-order valence-corrected chi connectivity index (χ3v) is 2.41. The van der Waals surface area contributed by atoms with Crippen LogP contribution in [0.2, 0.25) is 5.15 Å². The number of nitrogens with one attached hydrogen (secondary N) is 1. The lowest BCUT2D eigenvalue weighted by Gasteiger charge is -2.06. The molecule has 7 heteroatoms. The van der Waals surface area contributed by atoms with Crippen molar-refractivity contribution >= 4 is 29.3 Å². The number of rotatable bonds is 3. The Morgan fingerprint density at radius 2 is 2.05 bits per heavy atom. The second-order valence-electron chi connectivity index (χ2n) is 3.80. The lowest BCUT2D eigenvalue weighted by Crippen LogP contribution is -2.13. The van der Waals surface area contributed by atoms with Crippen LogP contribution in [0.4, 0.5) is 5.82 Å². The van der Waals surface area contributed by atoms with Crippen molar-refractivity contribution in [3.63, 3.8) is 0 Å². The molecule has 0 radical (unpaired) electrons. The summed E-state index contributed by atoms with van der Waals surface area (Å²) in [5.41, 5.74) is 0.334. The first-order valence-corrected chi connectivity index (χ1v) is 6.00. The standard InChI is InChI=1S/C13H10ClN3O3/c1-8(18)20-10-4-2-3-9(5-10)13(19)17-12-7-15-11(14)6-16-12/h2-7H,1H3,(H,16,17,19). The van der Waals surface area contributed by atoms with Crippen LogP contribution in [0, 0.1) is 0 Å². The van der Waals surface area contributed by atoms with E-state index >= 15 is 0 Å². The van der Waals surface area contributed by atoms with E-state index in [4.69, 9.17) is 16.3 Å². The molecule has 0 unspecified atom stereocenters. The van der Waals surface area contributed by atoms with Crippen molar-refractivity contribution in [2.24, 2.45) is 0 Å². The molecule has 6 nitrogen and oxygen atoms in total. The summed E-state index contributed by atoms with van der Waals surface area (Å²) in [5.74, 6) is -0.272. The van der Waals surface area contributed by atoms with E-state index in [1.165, 1.54) is 25.4 Å². The summed E-state index contributed by atoms with van der Waals surface area (Å²) in [6.07, 6.45) is 2.67. The van der Waals surface area contributed by atoms with Gasteiger partial charge in [-0.2, -0.15) is 0 Å². The highest BCUT2D eigenvalue weighted by atomic mass is 35.5. The zero-order valence-corrected chi connectivity index (χ0v) is 11.2. The van der Waals surface area contributed by atoms with Crippen molar-refractivity contribution in [3.05, 3.63) is 47.4 Å². The monoisotopic (exact) mass is 291 g/mol. The second-order valence-corrected chi connectivity index (χ2v) is 4.19. The molecule has 0 aliphatic heterocycles. The molecule has 1 aromatic carbocycles. The van der Waals surface area contributed by atoms with Gasteiger partial charge in [0.15, 0.2) is 5.82 Å². The van der Waals surface area contributed by atoms with Gasteiger partial charge in [0.1, 0.15) is 10.9 Å². The Balaban J connectivity index is 2.12. The number of halogens is 1. The minimum Gasteiger partial charge on any atom is -0.427 e. The van der Waals surface area contributed by atoms with Gasteiger partial charge in [0.2, 0.25) is 0 Å². The molecule has 1 amide bonds. The van der Waals surface area contributed by atoms with Crippen molar-refractivity contribution in [2.45, 2.75) is 6.92 Å². The van der Waals surface area contributed by atoms with Crippen LogP contribution in [-0.2, 0) is 4.79 Å². The number of hydrogen-bond acceptors (Lipinski definition) is 5. The minimum absolute atomic E-state index is 0.236. The van der Waals surface area contributed by atoms with Crippen LogP contribution < -0.4 is 10.1 Å². The number of anilines is 1. The molecule has 0 aliphatic rings. The van der Waals surface area contributed by atoms with Gasteiger partial charge in [-0.15, -0.1) is 0 Å². The summed E-state index contributed by atoms with van der Waals surface area (Å²) in [4.78, 5) is 30.6.